The fraction of sp³-hybridized carbons (Fsp3) is 0.250. The summed E-state index contributed by atoms with van der Waals surface area (Å²) in [6.45, 7) is 4.81. The molecule has 1 heterocycles. The zero-order chi connectivity index (χ0) is 22.2. The zero-order valence-corrected chi connectivity index (χ0v) is 19.0. The van der Waals surface area contributed by atoms with Crippen molar-refractivity contribution < 1.29 is 15.6 Å². The highest BCUT2D eigenvalue weighted by atomic mass is 32.2. The lowest BCUT2D eigenvalue weighted by atomic mass is 10.1. The van der Waals surface area contributed by atoms with Crippen LogP contribution in [0, 0.1) is 6.92 Å². The molecule has 0 unspecified atom stereocenters. The van der Waals surface area contributed by atoms with Crippen LogP contribution in [0.2, 0.25) is 0 Å². The van der Waals surface area contributed by atoms with Crippen LogP contribution in [0.5, 0.6) is 0 Å². The van der Waals surface area contributed by atoms with Crippen LogP contribution in [0.15, 0.2) is 59.6 Å². The van der Waals surface area contributed by atoms with E-state index < -0.39 is 0 Å². The monoisotopic (exact) mass is 435 g/mol. The lowest BCUT2D eigenvalue weighted by Gasteiger charge is -2.07. The third kappa shape index (κ3) is 5.99. The summed E-state index contributed by atoms with van der Waals surface area (Å²) in [4.78, 5) is 10.4. The number of thioether (sulfide) groups is 1. The Kier molecular flexibility index (Phi) is 7.92. The molecule has 0 radical (unpaired) electrons. The summed E-state index contributed by atoms with van der Waals surface area (Å²) in [6.07, 6.45) is 2.89. The maximum atomic E-state index is 6.22. The average Bonchev–Trinajstić information content (AvgIpc) is 2.79. The van der Waals surface area contributed by atoms with Crippen molar-refractivity contribution in [2.45, 2.75) is 31.7 Å². The van der Waals surface area contributed by atoms with Gasteiger partial charge in [0, 0.05) is 17.0 Å². The molecule has 0 bridgehead atoms. The molecule has 0 aliphatic rings. The molecule has 6 nitrogen and oxygen atoms in total. The van der Waals surface area contributed by atoms with E-state index in [0.29, 0.717) is 11.4 Å². The summed E-state index contributed by atoms with van der Waals surface area (Å²) in [5.74, 6) is 1.45. The molecule has 0 spiro atoms. The van der Waals surface area contributed by atoms with Crippen LogP contribution in [0.4, 0.5) is 0 Å². The van der Waals surface area contributed by atoms with Crippen molar-refractivity contribution in [1.82, 2.24) is 15.3 Å². The Bertz CT molecular complexity index is 1050. The quantitative estimate of drug-likeness (QED) is 0.282. The van der Waals surface area contributed by atoms with Gasteiger partial charge in [0.1, 0.15) is 0 Å². The van der Waals surface area contributed by atoms with Crippen molar-refractivity contribution in [3.8, 4) is 11.3 Å². The SMILES string of the molecule is CCCSc1ccc(-c2cnc(C)c(C(=[NH2+])OC(=[NH2+])c3ccc(CNC)cc3)n2)cc1. The molecule has 160 valence electrons. The van der Waals surface area contributed by atoms with Gasteiger partial charge in [-0.3, -0.25) is 4.98 Å². The minimum absolute atomic E-state index is 0.124. The van der Waals surface area contributed by atoms with E-state index in [1.807, 2.05) is 62.1 Å². The number of aryl methyl sites for hydroxylation is 1. The molecule has 2 aromatic carbocycles. The molecular weight excluding hydrogens is 406 g/mol. The normalized spacial score (nSPS) is 10.7. The first kappa shape index (κ1) is 22.7. The molecule has 0 aliphatic carbocycles. The molecule has 1 aromatic heterocycles. The smallest absolute Gasteiger partial charge is 0.347 e. The van der Waals surface area contributed by atoms with Crippen LogP contribution in [0.1, 0.15) is 35.9 Å². The summed E-state index contributed by atoms with van der Waals surface area (Å²) in [7, 11) is 1.91. The van der Waals surface area contributed by atoms with E-state index in [4.69, 9.17) is 15.6 Å². The van der Waals surface area contributed by atoms with Crippen molar-refractivity contribution in [3.05, 3.63) is 77.2 Å². The van der Waals surface area contributed by atoms with Crippen molar-refractivity contribution in [3.63, 3.8) is 0 Å². The highest BCUT2D eigenvalue weighted by Crippen LogP contribution is 2.24. The van der Waals surface area contributed by atoms with Gasteiger partial charge in [-0.2, -0.15) is 0 Å². The molecule has 31 heavy (non-hydrogen) atoms. The van der Waals surface area contributed by atoms with Crippen molar-refractivity contribution >= 4 is 23.6 Å². The molecule has 0 fully saturated rings. The Morgan fingerprint density at radius 2 is 1.74 bits per heavy atom. The number of nitrogens with zero attached hydrogens (tertiary/aromatic N) is 2. The number of hydrogen-bond acceptors (Lipinski definition) is 5. The van der Waals surface area contributed by atoms with Crippen LogP contribution in [0.3, 0.4) is 0 Å². The minimum atomic E-state index is 0.124. The maximum Gasteiger partial charge on any atom is 0.397 e. The molecule has 0 saturated carbocycles. The van der Waals surface area contributed by atoms with Gasteiger partial charge in [0.2, 0.25) is 0 Å². The lowest BCUT2D eigenvalue weighted by molar-refractivity contribution is -0.153. The summed E-state index contributed by atoms with van der Waals surface area (Å²) < 4.78 is 5.72. The second-order valence-corrected chi connectivity index (χ2v) is 8.29. The number of rotatable bonds is 8. The number of aromatic nitrogens is 2. The van der Waals surface area contributed by atoms with E-state index in [9.17, 15) is 0 Å². The number of ether oxygens (including phenoxy) is 1. The number of nitrogens with two attached hydrogens (primary N) is 2. The zero-order valence-electron chi connectivity index (χ0n) is 18.2. The Hall–Kier alpha value is -3.03. The Morgan fingerprint density at radius 1 is 1.03 bits per heavy atom. The predicted octanol–water partition coefficient (Wildman–Crippen LogP) is 1.40. The highest BCUT2D eigenvalue weighted by molar-refractivity contribution is 7.99. The van der Waals surface area contributed by atoms with E-state index in [1.54, 1.807) is 6.20 Å². The number of nitrogens with one attached hydrogen (secondary N) is 1. The Morgan fingerprint density at radius 3 is 2.39 bits per heavy atom. The summed E-state index contributed by atoms with van der Waals surface area (Å²) >= 11 is 1.84. The molecule has 0 atom stereocenters. The van der Waals surface area contributed by atoms with Gasteiger partial charge in [0.15, 0.2) is 5.69 Å². The van der Waals surface area contributed by atoms with Gasteiger partial charge in [0.05, 0.1) is 23.1 Å². The number of benzene rings is 2. The van der Waals surface area contributed by atoms with E-state index in [-0.39, 0.29) is 11.8 Å². The van der Waals surface area contributed by atoms with Crippen molar-refractivity contribution in [2.24, 2.45) is 0 Å². The molecule has 0 aliphatic heterocycles. The molecule has 3 aromatic rings. The van der Waals surface area contributed by atoms with Gasteiger partial charge in [-0.25, -0.2) is 15.8 Å². The molecular formula is C24H29N5OS+2. The van der Waals surface area contributed by atoms with Gasteiger partial charge in [-0.1, -0.05) is 31.2 Å². The molecule has 3 rings (SSSR count). The second-order valence-electron chi connectivity index (χ2n) is 7.12. The van der Waals surface area contributed by atoms with Crippen molar-refractivity contribution in [2.75, 3.05) is 12.8 Å². The highest BCUT2D eigenvalue weighted by Gasteiger charge is 2.22. The Labute approximate surface area is 187 Å². The second kappa shape index (κ2) is 10.8. The van der Waals surface area contributed by atoms with Crippen LogP contribution in [-0.4, -0.2) is 34.6 Å². The van der Waals surface area contributed by atoms with E-state index in [2.05, 4.69) is 34.3 Å². The first-order chi connectivity index (χ1) is 15.0. The van der Waals surface area contributed by atoms with Gasteiger partial charge >= 0.3 is 11.8 Å². The van der Waals surface area contributed by atoms with Crippen LogP contribution < -0.4 is 16.1 Å². The molecule has 5 N–H and O–H groups in total. The van der Waals surface area contributed by atoms with Crippen LogP contribution in [0.25, 0.3) is 11.3 Å². The van der Waals surface area contributed by atoms with Gasteiger partial charge in [0.25, 0.3) is 0 Å². The fourth-order valence-corrected chi connectivity index (χ4v) is 3.75. The first-order valence-electron chi connectivity index (χ1n) is 10.3. The topological polar surface area (TPSA) is 98.2 Å². The molecule has 0 saturated heterocycles. The Balaban J connectivity index is 1.74. The summed E-state index contributed by atoms with van der Waals surface area (Å²) in [5, 5.41) is 15.5. The van der Waals surface area contributed by atoms with Crippen LogP contribution in [-0.2, 0) is 11.3 Å². The maximum absolute atomic E-state index is 6.22. The third-order valence-corrected chi connectivity index (χ3v) is 5.87. The van der Waals surface area contributed by atoms with Crippen molar-refractivity contribution in [1.29, 1.82) is 0 Å². The third-order valence-electron chi connectivity index (χ3n) is 4.65. The largest absolute Gasteiger partial charge is 0.397 e. The molecule has 0 amide bonds. The van der Waals surface area contributed by atoms with E-state index in [0.717, 1.165) is 41.1 Å². The minimum Gasteiger partial charge on any atom is -0.347 e. The van der Waals surface area contributed by atoms with Crippen LogP contribution >= 0.6 is 11.8 Å². The first-order valence-corrected chi connectivity index (χ1v) is 11.2. The molecule has 7 heteroatoms. The fourth-order valence-electron chi connectivity index (χ4n) is 2.98. The van der Waals surface area contributed by atoms with E-state index >= 15 is 0 Å². The lowest BCUT2D eigenvalue weighted by Crippen LogP contribution is -2.50. The predicted molar refractivity (Wildman–Crippen MR) is 126 cm³/mol. The van der Waals surface area contributed by atoms with E-state index in [1.165, 1.54) is 4.90 Å². The standard InChI is InChI=1S/C24H27N5OS/c1-4-13-31-20-11-9-18(10-12-20)21-15-28-16(2)22(29-21)24(26)30-23(25)19-7-5-17(6-8-19)14-27-3/h5-12,15,25-27H,4,13-14H2,1-3H3/p+2. The van der Waals surface area contributed by atoms with Gasteiger partial charge < -0.3 is 10.1 Å². The summed E-state index contributed by atoms with van der Waals surface area (Å²) in [5.41, 5.74) is 4.77. The summed E-state index contributed by atoms with van der Waals surface area (Å²) in [6, 6.07) is 16.1. The van der Waals surface area contributed by atoms with Gasteiger partial charge in [-0.05, 0) is 56.0 Å². The van der Waals surface area contributed by atoms with Gasteiger partial charge in [-0.15, -0.1) is 11.8 Å². The number of hydrogen-bond donors (Lipinski definition) is 3. The average molecular weight is 436 g/mol.